The van der Waals surface area contributed by atoms with Gasteiger partial charge in [-0.3, -0.25) is 14.2 Å². The number of nitrogens with zero attached hydrogens (tertiary/aromatic N) is 2. The van der Waals surface area contributed by atoms with Crippen LogP contribution in [0.15, 0.2) is 88.8 Å². The highest BCUT2D eigenvalue weighted by atomic mass is 32.2. The fourth-order valence-corrected chi connectivity index (χ4v) is 4.35. The lowest BCUT2D eigenvalue weighted by Crippen LogP contribution is -2.25. The molecule has 0 aliphatic rings. The molecule has 4 aromatic rings. The molecule has 0 unspecified atom stereocenters. The summed E-state index contributed by atoms with van der Waals surface area (Å²) in [5.74, 6) is -0.00603. The van der Waals surface area contributed by atoms with Crippen LogP contribution in [0.1, 0.15) is 6.42 Å². The van der Waals surface area contributed by atoms with Crippen LogP contribution < -0.4 is 10.9 Å². The Morgan fingerprint density at radius 3 is 2.42 bits per heavy atom. The zero-order valence-corrected chi connectivity index (χ0v) is 19.2. The molecular formula is C26H25N3O3S. The Balaban J connectivity index is 1.45. The van der Waals surface area contributed by atoms with E-state index in [1.54, 1.807) is 17.7 Å². The molecule has 7 heteroatoms. The molecule has 1 heterocycles. The van der Waals surface area contributed by atoms with E-state index in [1.807, 2.05) is 72.8 Å². The van der Waals surface area contributed by atoms with E-state index in [0.29, 0.717) is 35.6 Å². The molecule has 168 valence electrons. The molecule has 0 spiro atoms. The summed E-state index contributed by atoms with van der Waals surface area (Å²) in [5.41, 5.74) is 3.47. The van der Waals surface area contributed by atoms with E-state index >= 15 is 0 Å². The SMILES string of the molecule is COCCCn1c(SCC(=O)Nc2ccc(-c3ccccc3)cc2)nc2ccccc2c1=O. The molecule has 1 amide bonds. The molecule has 1 N–H and O–H groups in total. The van der Waals surface area contributed by atoms with Crippen molar-refractivity contribution < 1.29 is 9.53 Å². The van der Waals surface area contributed by atoms with Crippen LogP contribution in [0, 0.1) is 0 Å². The molecule has 0 bridgehead atoms. The van der Waals surface area contributed by atoms with Gasteiger partial charge in [-0.05, 0) is 41.8 Å². The first-order valence-electron chi connectivity index (χ1n) is 10.7. The predicted octanol–water partition coefficient (Wildman–Crippen LogP) is 4.83. The lowest BCUT2D eigenvalue weighted by Gasteiger charge is -2.13. The summed E-state index contributed by atoms with van der Waals surface area (Å²) in [7, 11) is 1.63. The van der Waals surface area contributed by atoms with Crippen LogP contribution in [0.25, 0.3) is 22.0 Å². The molecule has 33 heavy (non-hydrogen) atoms. The van der Waals surface area contributed by atoms with Crippen LogP contribution in [0.3, 0.4) is 0 Å². The van der Waals surface area contributed by atoms with E-state index in [4.69, 9.17) is 4.74 Å². The minimum absolute atomic E-state index is 0.101. The van der Waals surface area contributed by atoms with Gasteiger partial charge >= 0.3 is 0 Å². The van der Waals surface area contributed by atoms with Crippen LogP contribution in [-0.2, 0) is 16.1 Å². The maximum Gasteiger partial charge on any atom is 0.262 e. The van der Waals surface area contributed by atoms with Gasteiger partial charge in [0.15, 0.2) is 5.16 Å². The van der Waals surface area contributed by atoms with Gasteiger partial charge in [0.2, 0.25) is 5.91 Å². The number of thioether (sulfide) groups is 1. The molecule has 0 atom stereocenters. The molecule has 3 aromatic carbocycles. The Labute approximate surface area is 196 Å². The number of para-hydroxylation sites is 1. The third-order valence-corrected chi connectivity index (χ3v) is 6.14. The summed E-state index contributed by atoms with van der Waals surface area (Å²) < 4.78 is 6.76. The van der Waals surface area contributed by atoms with Crippen molar-refractivity contribution in [2.24, 2.45) is 0 Å². The average Bonchev–Trinajstić information content (AvgIpc) is 2.85. The Morgan fingerprint density at radius 2 is 1.67 bits per heavy atom. The van der Waals surface area contributed by atoms with Crippen LogP contribution >= 0.6 is 11.8 Å². The summed E-state index contributed by atoms with van der Waals surface area (Å²) in [6.07, 6.45) is 0.684. The van der Waals surface area contributed by atoms with Crippen molar-refractivity contribution in [3.05, 3.63) is 89.2 Å². The van der Waals surface area contributed by atoms with E-state index in [0.717, 1.165) is 16.8 Å². The third-order valence-electron chi connectivity index (χ3n) is 5.16. The standard InChI is InChI=1S/C26H25N3O3S/c1-32-17-7-16-29-25(31)22-10-5-6-11-23(22)28-26(29)33-18-24(30)27-21-14-12-20(13-15-21)19-8-3-2-4-9-19/h2-6,8-15H,7,16-18H2,1H3,(H,27,30). The molecule has 0 saturated carbocycles. The summed E-state index contributed by atoms with van der Waals surface area (Å²) >= 11 is 1.26. The van der Waals surface area contributed by atoms with Crippen LogP contribution in [-0.4, -0.2) is 34.9 Å². The van der Waals surface area contributed by atoms with Gasteiger partial charge in [0.1, 0.15) is 0 Å². The van der Waals surface area contributed by atoms with Gasteiger partial charge < -0.3 is 10.1 Å². The molecule has 0 aliphatic carbocycles. The van der Waals surface area contributed by atoms with E-state index < -0.39 is 0 Å². The largest absolute Gasteiger partial charge is 0.385 e. The van der Waals surface area contributed by atoms with Crippen molar-refractivity contribution in [2.45, 2.75) is 18.1 Å². The molecule has 0 radical (unpaired) electrons. The van der Waals surface area contributed by atoms with Crippen LogP contribution in [0.4, 0.5) is 5.69 Å². The minimum atomic E-state index is -0.154. The number of benzene rings is 3. The van der Waals surface area contributed by atoms with Gasteiger partial charge in [0, 0.05) is 25.9 Å². The first kappa shape index (κ1) is 22.8. The van der Waals surface area contributed by atoms with Crippen LogP contribution in [0.5, 0.6) is 0 Å². The molecule has 0 saturated heterocycles. The van der Waals surface area contributed by atoms with Gasteiger partial charge in [-0.25, -0.2) is 4.98 Å². The minimum Gasteiger partial charge on any atom is -0.385 e. The quantitative estimate of drug-likeness (QED) is 0.220. The first-order chi connectivity index (χ1) is 16.2. The van der Waals surface area contributed by atoms with Gasteiger partial charge in [-0.2, -0.15) is 0 Å². The number of hydrogen-bond acceptors (Lipinski definition) is 5. The maximum atomic E-state index is 13.0. The fraction of sp³-hybridized carbons (Fsp3) is 0.192. The normalized spacial score (nSPS) is 10.9. The summed E-state index contributed by atoms with van der Waals surface area (Å²) in [5, 5.41) is 4.02. The number of nitrogens with one attached hydrogen (secondary N) is 1. The highest BCUT2D eigenvalue weighted by Crippen LogP contribution is 2.22. The lowest BCUT2D eigenvalue weighted by atomic mass is 10.1. The van der Waals surface area contributed by atoms with E-state index in [1.165, 1.54) is 11.8 Å². The Bertz CT molecular complexity index is 1290. The van der Waals surface area contributed by atoms with Crippen molar-refractivity contribution >= 4 is 34.3 Å². The zero-order valence-electron chi connectivity index (χ0n) is 18.4. The van der Waals surface area contributed by atoms with Crippen molar-refractivity contribution in [2.75, 3.05) is 24.8 Å². The summed E-state index contributed by atoms with van der Waals surface area (Å²) in [6, 6.07) is 25.1. The number of carbonyl (C=O) groups is 1. The molecule has 4 rings (SSSR count). The topological polar surface area (TPSA) is 73.2 Å². The lowest BCUT2D eigenvalue weighted by molar-refractivity contribution is -0.113. The summed E-state index contributed by atoms with van der Waals surface area (Å²) in [6.45, 7) is 1.03. The number of hydrogen-bond donors (Lipinski definition) is 1. The number of rotatable bonds is 9. The average molecular weight is 460 g/mol. The molecular weight excluding hydrogens is 434 g/mol. The monoisotopic (exact) mass is 459 g/mol. The summed E-state index contributed by atoms with van der Waals surface area (Å²) in [4.78, 5) is 30.2. The Kier molecular flexibility index (Phi) is 7.55. The van der Waals surface area contributed by atoms with E-state index in [2.05, 4.69) is 10.3 Å². The van der Waals surface area contributed by atoms with Crippen LogP contribution in [0.2, 0.25) is 0 Å². The second-order valence-corrected chi connectivity index (χ2v) is 8.44. The van der Waals surface area contributed by atoms with Gasteiger partial charge in [-0.1, -0.05) is 66.4 Å². The highest BCUT2D eigenvalue weighted by Gasteiger charge is 2.13. The number of aromatic nitrogens is 2. The number of amides is 1. The van der Waals surface area contributed by atoms with E-state index in [9.17, 15) is 9.59 Å². The smallest absolute Gasteiger partial charge is 0.262 e. The zero-order chi connectivity index (χ0) is 23.0. The number of fused-ring (bicyclic) bond motifs is 1. The van der Waals surface area contributed by atoms with Crippen molar-refractivity contribution in [1.29, 1.82) is 0 Å². The number of anilines is 1. The molecule has 1 aromatic heterocycles. The van der Waals surface area contributed by atoms with Crippen molar-refractivity contribution in [3.8, 4) is 11.1 Å². The number of ether oxygens (including phenoxy) is 1. The predicted molar refractivity (Wildman–Crippen MR) is 134 cm³/mol. The van der Waals surface area contributed by atoms with Crippen molar-refractivity contribution in [3.63, 3.8) is 0 Å². The second kappa shape index (κ2) is 10.9. The highest BCUT2D eigenvalue weighted by molar-refractivity contribution is 7.99. The number of carbonyl (C=O) groups excluding carboxylic acids is 1. The first-order valence-corrected chi connectivity index (χ1v) is 11.7. The van der Waals surface area contributed by atoms with Gasteiger partial charge in [0.05, 0.1) is 16.7 Å². The van der Waals surface area contributed by atoms with E-state index in [-0.39, 0.29) is 17.2 Å². The Hall–Kier alpha value is -3.42. The number of methoxy groups -OCH3 is 1. The maximum absolute atomic E-state index is 13.0. The van der Waals surface area contributed by atoms with Gasteiger partial charge in [-0.15, -0.1) is 0 Å². The molecule has 6 nitrogen and oxygen atoms in total. The fourth-order valence-electron chi connectivity index (χ4n) is 3.53. The second-order valence-electron chi connectivity index (χ2n) is 7.49. The van der Waals surface area contributed by atoms with Gasteiger partial charge in [0.25, 0.3) is 5.56 Å². The molecule has 0 aliphatic heterocycles. The van der Waals surface area contributed by atoms with Crippen molar-refractivity contribution in [1.82, 2.24) is 9.55 Å². The third kappa shape index (κ3) is 5.69. The molecule has 0 fully saturated rings. The Morgan fingerprint density at radius 1 is 0.970 bits per heavy atom.